The second kappa shape index (κ2) is 15.0. The number of quaternary nitrogens is 1. The summed E-state index contributed by atoms with van der Waals surface area (Å²) in [5.74, 6) is -0.921. The zero-order valence-electron chi connectivity index (χ0n) is 16.1. The van der Waals surface area contributed by atoms with Gasteiger partial charge in [0.05, 0.1) is 27.2 Å². The molecule has 0 N–H and O–H groups in total. The molecule has 0 aromatic heterocycles. The lowest BCUT2D eigenvalue weighted by molar-refractivity contribution is -0.890. The van der Waals surface area contributed by atoms with E-state index in [0.29, 0.717) is 0 Å². The second-order valence-corrected chi connectivity index (χ2v) is 7.75. The molecule has 0 aromatic rings. The van der Waals surface area contributed by atoms with Crippen LogP contribution in [0.1, 0.15) is 96.8 Å². The van der Waals surface area contributed by atoms with Crippen LogP contribution < -0.4 is 5.11 Å². The van der Waals surface area contributed by atoms with Gasteiger partial charge >= 0.3 is 0 Å². The van der Waals surface area contributed by atoms with E-state index in [1.165, 1.54) is 77.0 Å². The molecule has 3 heteroatoms. The highest BCUT2D eigenvalue weighted by Gasteiger charge is 2.13. The van der Waals surface area contributed by atoms with Gasteiger partial charge < -0.3 is 14.4 Å². The molecule has 23 heavy (non-hydrogen) atoms. The molecule has 0 saturated carbocycles. The number of unbranched alkanes of at least 4 members (excludes halogenated alkanes) is 11. The van der Waals surface area contributed by atoms with Gasteiger partial charge in [0, 0.05) is 12.4 Å². The summed E-state index contributed by atoms with van der Waals surface area (Å²) in [6.45, 7) is 4.37. The summed E-state index contributed by atoms with van der Waals surface area (Å²) in [7, 11) is 4.40. The van der Waals surface area contributed by atoms with Gasteiger partial charge in [-0.15, -0.1) is 0 Å². The SMILES string of the molecule is CCCCCCCCCCCCCC[N+](C)(C)CCCC(=O)[O-]. The first-order chi connectivity index (χ1) is 11.0. The molecule has 0 aliphatic rings. The van der Waals surface area contributed by atoms with Crippen LogP contribution in [-0.2, 0) is 4.79 Å². The van der Waals surface area contributed by atoms with Crippen molar-refractivity contribution in [3.8, 4) is 0 Å². The van der Waals surface area contributed by atoms with Crippen molar-refractivity contribution in [1.29, 1.82) is 0 Å². The van der Waals surface area contributed by atoms with E-state index >= 15 is 0 Å². The monoisotopic (exact) mass is 327 g/mol. The predicted molar refractivity (Wildman–Crippen MR) is 97.2 cm³/mol. The Morgan fingerprint density at radius 3 is 1.52 bits per heavy atom. The van der Waals surface area contributed by atoms with Crippen LogP contribution >= 0.6 is 0 Å². The molecule has 0 spiro atoms. The molecule has 0 aliphatic heterocycles. The van der Waals surface area contributed by atoms with Crippen LogP contribution in [0.25, 0.3) is 0 Å². The van der Waals surface area contributed by atoms with Crippen molar-refractivity contribution >= 4 is 5.97 Å². The second-order valence-electron chi connectivity index (χ2n) is 7.75. The van der Waals surface area contributed by atoms with Crippen molar-refractivity contribution in [3.05, 3.63) is 0 Å². The average molecular weight is 328 g/mol. The van der Waals surface area contributed by atoms with Gasteiger partial charge in [-0.2, -0.15) is 0 Å². The molecule has 0 fully saturated rings. The van der Waals surface area contributed by atoms with Crippen LogP contribution in [0.3, 0.4) is 0 Å². The zero-order chi connectivity index (χ0) is 17.4. The quantitative estimate of drug-likeness (QED) is 0.295. The lowest BCUT2D eigenvalue weighted by atomic mass is 10.1. The number of aliphatic carboxylic acids is 1. The summed E-state index contributed by atoms with van der Waals surface area (Å²) in [5, 5.41) is 10.4. The fourth-order valence-corrected chi connectivity index (χ4v) is 3.14. The normalized spacial score (nSPS) is 11.8. The van der Waals surface area contributed by atoms with Gasteiger partial charge in [0.1, 0.15) is 0 Å². The van der Waals surface area contributed by atoms with Gasteiger partial charge in [-0.25, -0.2) is 0 Å². The molecule has 0 unspecified atom stereocenters. The van der Waals surface area contributed by atoms with Crippen molar-refractivity contribution in [2.45, 2.75) is 96.8 Å². The molecule has 0 aromatic carbocycles. The molecular formula is C20H41NO2. The van der Waals surface area contributed by atoms with Crippen molar-refractivity contribution < 1.29 is 14.4 Å². The standard InChI is InChI=1S/C20H41NO2/c1-4-5-6-7-8-9-10-11-12-13-14-15-18-21(2,3)19-16-17-20(22)23/h4-19H2,1-3H3. The van der Waals surface area contributed by atoms with Gasteiger partial charge in [-0.3, -0.25) is 0 Å². The number of carbonyl (C=O) groups is 1. The molecule has 0 bridgehead atoms. The summed E-state index contributed by atoms with van der Waals surface area (Å²) >= 11 is 0. The molecule has 3 nitrogen and oxygen atoms in total. The first-order valence-electron chi connectivity index (χ1n) is 10.00. The Balaban J connectivity index is 3.29. The lowest BCUT2D eigenvalue weighted by Crippen LogP contribution is -2.41. The third-order valence-electron chi connectivity index (χ3n) is 4.76. The third-order valence-corrected chi connectivity index (χ3v) is 4.76. The highest BCUT2D eigenvalue weighted by atomic mass is 16.4. The fraction of sp³-hybridized carbons (Fsp3) is 0.950. The number of hydrogen-bond donors (Lipinski definition) is 0. The minimum absolute atomic E-state index is 0.195. The Morgan fingerprint density at radius 1 is 0.696 bits per heavy atom. The molecule has 138 valence electrons. The van der Waals surface area contributed by atoms with E-state index in [9.17, 15) is 9.90 Å². The highest BCUT2D eigenvalue weighted by molar-refractivity contribution is 5.64. The Morgan fingerprint density at radius 2 is 1.09 bits per heavy atom. The van der Waals surface area contributed by atoms with Crippen LogP contribution in [0.5, 0.6) is 0 Å². The summed E-state index contributed by atoms with van der Waals surface area (Å²) in [6.07, 6.45) is 17.5. The van der Waals surface area contributed by atoms with Crippen molar-refractivity contribution in [2.24, 2.45) is 0 Å². The summed E-state index contributed by atoms with van der Waals surface area (Å²) in [6, 6.07) is 0. The lowest BCUT2D eigenvalue weighted by Gasteiger charge is -2.30. The zero-order valence-corrected chi connectivity index (χ0v) is 16.1. The predicted octanol–water partition coefficient (Wildman–Crippen LogP) is 4.29. The molecule has 0 amide bonds. The van der Waals surface area contributed by atoms with Crippen molar-refractivity contribution in [2.75, 3.05) is 27.2 Å². The van der Waals surface area contributed by atoms with Crippen molar-refractivity contribution in [3.63, 3.8) is 0 Å². The van der Waals surface area contributed by atoms with Gasteiger partial charge in [-0.05, 0) is 19.3 Å². The molecule has 0 rings (SSSR count). The van der Waals surface area contributed by atoms with E-state index in [2.05, 4.69) is 21.0 Å². The van der Waals surface area contributed by atoms with E-state index < -0.39 is 5.97 Å². The van der Waals surface area contributed by atoms with Crippen LogP contribution in [0.2, 0.25) is 0 Å². The first-order valence-corrected chi connectivity index (χ1v) is 10.00. The summed E-state index contributed by atoms with van der Waals surface area (Å²) in [4.78, 5) is 10.4. The Bertz CT molecular complexity index is 277. The fourth-order valence-electron chi connectivity index (χ4n) is 3.14. The Kier molecular flexibility index (Phi) is 14.6. The van der Waals surface area contributed by atoms with E-state index in [1.807, 2.05) is 0 Å². The molecule has 0 saturated heterocycles. The maximum Gasteiger partial charge on any atom is 0.0786 e. The van der Waals surface area contributed by atoms with Gasteiger partial charge in [0.2, 0.25) is 0 Å². The van der Waals surface area contributed by atoms with Crippen LogP contribution in [-0.4, -0.2) is 37.6 Å². The molecule has 0 aliphatic carbocycles. The Hall–Kier alpha value is -0.570. The topological polar surface area (TPSA) is 40.1 Å². The number of rotatable bonds is 17. The average Bonchev–Trinajstić information content (AvgIpc) is 2.47. The van der Waals surface area contributed by atoms with Crippen LogP contribution in [0, 0.1) is 0 Å². The summed E-state index contributed by atoms with van der Waals surface area (Å²) < 4.78 is 0.936. The highest BCUT2D eigenvalue weighted by Crippen LogP contribution is 2.13. The minimum atomic E-state index is -0.921. The number of hydrogen-bond acceptors (Lipinski definition) is 2. The molecule has 0 radical (unpaired) electrons. The maximum atomic E-state index is 10.4. The summed E-state index contributed by atoms with van der Waals surface area (Å²) in [5.41, 5.74) is 0. The van der Waals surface area contributed by atoms with E-state index in [0.717, 1.165) is 24.0 Å². The third kappa shape index (κ3) is 17.6. The molecular weight excluding hydrogens is 286 g/mol. The number of carboxylic acids is 1. The van der Waals surface area contributed by atoms with E-state index in [1.54, 1.807) is 0 Å². The Labute approximate surface area is 145 Å². The van der Waals surface area contributed by atoms with Gasteiger partial charge in [0.15, 0.2) is 0 Å². The van der Waals surface area contributed by atoms with Gasteiger partial charge in [0.25, 0.3) is 0 Å². The minimum Gasteiger partial charge on any atom is -0.550 e. The molecule has 0 atom stereocenters. The number of nitrogens with zero attached hydrogens (tertiary/aromatic N) is 1. The number of carboxylic acid groups (broad SMARTS) is 1. The van der Waals surface area contributed by atoms with E-state index in [-0.39, 0.29) is 6.42 Å². The van der Waals surface area contributed by atoms with E-state index in [4.69, 9.17) is 0 Å². The number of carbonyl (C=O) groups excluding carboxylic acids is 1. The van der Waals surface area contributed by atoms with Crippen LogP contribution in [0.15, 0.2) is 0 Å². The smallest absolute Gasteiger partial charge is 0.0786 e. The first kappa shape index (κ1) is 22.4. The van der Waals surface area contributed by atoms with Crippen molar-refractivity contribution in [1.82, 2.24) is 0 Å². The van der Waals surface area contributed by atoms with Crippen LogP contribution in [0.4, 0.5) is 0 Å². The largest absolute Gasteiger partial charge is 0.550 e. The van der Waals surface area contributed by atoms with Gasteiger partial charge in [-0.1, -0.05) is 71.1 Å². The molecule has 0 heterocycles. The maximum absolute atomic E-state index is 10.4.